The lowest BCUT2D eigenvalue weighted by molar-refractivity contribution is 0.454. The van der Waals surface area contributed by atoms with Gasteiger partial charge in [-0.1, -0.05) is 6.07 Å². The fraction of sp³-hybridized carbons (Fsp3) is 0.167. The number of aromatic amines is 2. The van der Waals surface area contributed by atoms with Crippen molar-refractivity contribution in [3.63, 3.8) is 0 Å². The molecule has 1 saturated carbocycles. The number of aromatic nitrogens is 6. The van der Waals surface area contributed by atoms with Gasteiger partial charge in [0.15, 0.2) is 5.65 Å². The van der Waals surface area contributed by atoms with Crippen molar-refractivity contribution >= 4 is 23.4 Å². The third kappa shape index (κ3) is 3.45. The molecule has 1 aromatic carbocycles. The molecular weight excluding hydrogens is 379 g/mol. The minimum absolute atomic E-state index is 0.192. The molecule has 3 heterocycles. The second-order valence-corrected chi connectivity index (χ2v) is 6.66. The maximum atomic E-state index is 13.5. The number of nitrogens with one attached hydrogen (secondary N) is 3. The Morgan fingerprint density at radius 1 is 1.31 bits per heavy atom. The first-order chi connectivity index (χ1) is 14.0. The average Bonchev–Trinajstić information content (AvgIpc) is 3.31. The van der Waals surface area contributed by atoms with Crippen molar-refractivity contribution in [2.45, 2.75) is 18.9 Å². The van der Waals surface area contributed by atoms with Crippen LogP contribution in [0.25, 0.3) is 11.7 Å². The molecule has 1 aliphatic rings. The van der Waals surface area contributed by atoms with Crippen LogP contribution in [0.5, 0.6) is 5.88 Å². The van der Waals surface area contributed by atoms with E-state index in [0.717, 1.165) is 12.8 Å². The molecule has 1 fully saturated rings. The molecule has 0 aliphatic heterocycles. The first kappa shape index (κ1) is 17.1. The topological polar surface area (TPSA) is 136 Å². The van der Waals surface area contributed by atoms with E-state index < -0.39 is 5.69 Å². The van der Waals surface area contributed by atoms with Gasteiger partial charge in [-0.2, -0.15) is 19.6 Å². The molecule has 0 amide bonds. The summed E-state index contributed by atoms with van der Waals surface area (Å²) in [5, 5.41) is 17.6. The third-order valence-corrected chi connectivity index (χ3v) is 4.34. The minimum Gasteiger partial charge on any atom is -0.493 e. The summed E-state index contributed by atoms with van der Waals surface area (Å²) >= 11 is 0. The Morgan fingerprint density at radius 2 is 2.17 bits per heavy atom. The smallest absolute Gasteiger partial charge is 0.326 e. The van der Waals surface area contributed by atoms with Crippen LogP contribution < -0.4 is 21.8 Å². The highest BCUT2D eigenvalue weighted by atomic mass is 19.1. The molecule has 29 heavy (non-hydrogen) atoms. The van der Waals surface area contributed by atoms with Gasteiger partial charge in [-0.15, -0.1) is 0 Å². The molecule has 1 aliphatic carbocycles. The molecule has 0 bridgehead atoms. The largest absolute Gasteiger partial charge is 0.493 e. The Bertz CT molecular complexity index is 1400. The van der Waals surface area contributed by atoms with E-state index >= 15 is 0 Å². The molecule has 4 N–H and O–H groups in total. The van der Waals surface area contributed by atoms with E-state index in [9.17, 15) is 14.3 Å². The Morgan fingerprint density at radius 3 is 2.90 bits per heavy atom. The summed E-state index contributed by atoms with van der Waals surface area (Å²) < 4.78 is 15.0. The zero-order valence-corrected chi connectivity index (χ0v) is 14.9. The van der Waals surface area contributed by atoms with Gasteiger partial charge in [0.2, 0.25) is 11.8 Å². The minimum atomic E-state index is -0.530. The van der Waals surface area contributed by atoms with Gasteiger partial charge < -0.3 is 15.4 Å². The summed E-state index contributed by atoms with van der Waals surface area (Å²) in [7, 11) is 0. The number of H-pyrrole nitrogens is 2. The van der Waals surface area contributed by atoms with Crippen LogP contribution in [0.1, 0.15) is 18.5 Å². The number of rotatable bonds is 4. The fourth-order valence-corrected chi connectivity index (χ4v) is 2.83. The Hall–Kier alpha value is -4.02. The summed E-state index contributed by atoms with van der Waals surface area (Å²) in [4.78, 5) is 29.6. The molecule has 3 aromatic heterocycles. The van der Waals surface area contributed by atoms with Gasteiger partial charge in [-0.05, 0) is 37.1 Å². The molecule has 0 saturated heterocycles. The lowest BCUT2D eigenvalue weighted by Gasteiger charge is -2.05. The Kier molecular flexibility index (Phi) is 3.86. The van der Waals surface area contributed by atoms with Crippen molar-refractivity contribution in [3.05, 3.63) is 63.3 Å². The SMILES string of the molecule is O=c1[nH]c(O)c(/C=c2/cnn3c(=NC4CC4)nc(Nc4cccc(F)c4)nc23)[nH]1. The predicted octanol–water partition coefficient (Wildman–Crippen LogP) is 0.340. The van der Waals surface area contributed by atoms with Gasteiger partial charge >= 0.3 is 5.69 Å². The van der Waals surface area contributed by atoms with E-state index in [2.05, 4.69) is 35.3 Å². The summed E-state index contributed by atoms with van der Waals surface area (Å²) in [6.45, 7) is 0. The number of halogens is 1. The van der Waals surface area contributed by atoms with Gasteiger partial charge in [-0.25, -0.2) is 14.2 Å². The molecule has 0 atom stereocenters. The molecule has 0 spiro atoms. The Balaban J connectivity index is 1.68. The van der Waals surface area contributed by atoms with E-state index in [1.54, 1.807) is 12.1 Å². The van der Waals surface area contributed by atoms with Crippen molar-refractivity contribution in [2.75, 3.05) is 5.32 Å². The zero-order valence-electron chi connectivity index (χ0n) is 14.9. The number of fused-ring (bicyclic) bond motifs is 1. The van der Waals surface area contributed by atoms with Crippen LogP contribution in [0.15, 0.2) is 40.2 Å². The van der Waals surface area contributed by atoms with Gasteiger partial charge in [0.1, 0.15) is 11.5 Å². The van der Waals surface area contributed by atoms with Crippen LogP contribution in [0.4, 0.5) is 16.0 Å². The van der Waals surface area contributed by atoms with Crippen LogP contribution in [0, 0.1) is 5.82 Å². The van der Waals surface area contributed by atoms with Crippen molar-refractivity contribution in [3.8, 4) is 5.88 Å². The second kappa shape index (κ2) is 6.55. The normalized spacial score (nSPS) is 15.3. The molecular formula is C18H15FN8O2. The van der Waals surface area contributed by atoms with E-state index in [0.29, 0.717) is 22.2 Å². The molecule has 5 rings (SSSR count). The Labute approximate surface area is 161 Å². The van der Waals surface area contributed by atoms with Crippen LogP contribution in [0.3, 0.4) is 0 Å². The summed E-state index contributed by atoms with van der Waals surface area (Å²) in [5.41, 5.74) is 0.938. The number of imidazole rings is 1. The first-order valence-corrected chi connectivity index (χ1v) is 8.90. The summed E-state index contributed by atoms with van der Waals surface area (Å²) in [6.07, 6.45) is 5.04. The molecule has 146 valence electrons. The molecule has 11 heteroatoms. The van der Waals surface area contributed by atoms with Crippen molar-refractivity contribution in [2.24, 2.45) is 4.99 Å². The van der Waals surface area contributed by atoms with Crippen LogP contribution in [0.2, 0.25) is 0 Å². The maximum absolute atomic E-state index is 13.5. The first-order valence-electron chi connectivity index (χ1n) is 8.90. The lowest BCUT2D eigenvalue weighted by Crippen LogP contribution is -2.24. The number of hydrogen-bond donors (Lipinski definition) is 4. The highest BCUT2D eigenvalue weighted by Crippen LogP contribution is 2.22. The summed E-state index contributed by atoms with van der Waals surface area (Å²) in [5.74, 6) is -0.446. The third-order valence-electron chi connectivity index (χ3n) is 4.34. The predicted molar refractivity (Wildman–Crippen MR) is 101 cm³/mol. The van der Waals surface area contributed by atoms with Gasteiger partial charge in [0, 0.05) is 10.9 Å². The van der Waals surface area contributed by atoms with Crippen LogP contribution in [-0.2, 0) is 0 Å². The highest BCUT2D eigenvalue weighted by Gasteiger charge is 2.21. The number of aromatic hydroxyl groups is 1. The monoisotopic (exact) mass is 394 g/mol. The van der Waals surface area contributed by atoms with E-state index in [4.69, 9.17) is 0 Å². The average molecular weight is 394 g/mol. The molecule has 10 nitrogen and oxygen atoms in total. The number of hydrogen-bond acceptors (Lipinski definition) is 7. The van der Waals surface area contributed by atoms with E-state index in [1.807, 2.05) is 0 Å². The number of nitrogens with zero attached hydrogens (tertiary/aromatic N) is 5. The van der Waals surface area contributed by atoms with Crippen LogP contribution in [-0.4, -0.2) is 40.7 Å². The zero-order chi connectivity index (χ0) is 20.0. The molecule has 0 radical (unpaired) electrons. The second-order valence-electron chi connectivity index (χ2n) is 6.66. The van der Waals surface area contributed by atoms with Crippen molar-refractivity contribution < 1.29 is 9.50 Å². The quantitative estimate of drug-likeness (QED) is 0.394. The standard InChI is InChI=1S/C18H15FN8O2/c19-10-2-1-3-12(7-10)21-16-24-14-9(6-13-15(28)25-18(29)23-13)8-20-27(14)17(26-16)22-11-4-5-11/h1-3,6-8,11,28H,4-5H2,(H,21,22,26)(H2,23,25,29)/b9-6-. The highest BCUT2D eigenvalue weighted by molar-refractivity contribution is 5.59. The van der Waals surface area contributed by atoms with E-state index in [-0.39, 0.29) is 29.4 Å². The van der Waals surface area contributed by atoms with Gasteiger partial charge in [0.05, 0.1) is 12.2 Å². The maximum Gasteiger partial charge on any atom is 0.326 e. The molecule has 0 unspecified atom stereocenters. The number of anilines is 2. The van der Waals surface area contributed by atoms with Crippen molar-refractivity contribution in [1.82, 2.24) is 29.5 Å². The number of benzene rings is 1. The molecule has 4 aromatic rings. The lowest BCUT2D eigenvalue weighted by atomic mass is 10.3. The fourth-order valence-electron chi connectivity index (χ4n) is 2.83. The van der Waals surface area contributed by atoms with E-state index in [1.165, 1.54) is 28.9 Å². The van der Waals surface area contributed by atoms with Crippen molar-refractivity contribution in [1.29, 1.82) is 0 Å². The van der Waals surface area contributed by atoms with Crippen LogP contribution >= 0.6 is 0 Å². The van der Waals surface area contributed by atoms with Gasteiger partial charge in [0.25, 0.3) is 5.62 Å². The van der Waals surface area contributed by atoms with Gasteiger partial charge in [-0.3, -0.25) is 4.98 Å². The summed E-state index contributed by atoms with van der Waals surface area (Å²) in [6, 6.07) is 6.14.